The second-order valence-corrected chi connectivity index (χ2v) is 0. The summed E-state index contributed by atoms with van der Waals surface area (Å²) in [6.07, 6.45) is 0. The molecule has 0 atom stereocenters. The van der Waals surface area contributed by atoms with Crippen LogP contribution >= 0.6 is 0 Å². The standard InChI is InChI=1S/2Co.2Mn.2Ni.4H2O/h;;;;;;4*1H2. The molecule has 0 rings (SSSR count). The van der Waals surface area contributed by atoms with Crippen molar-refractivity contribution in [3.8, 4) is 0 Å². The van der Waals surface area contributed by atoms with Gasteiger partial charge in [-0.15, -0.1) is 0 Å². The van der Waals surface area contributed by atoms with Crippen LogP contribution in [0, 0.1) is 0 Å². The van der Waals surface area contributed by atoms with E-state index in [1.807, 2.05) is 0 Å². The van der Waals surface area contributed by atoms with Crippen LogP contribution in [0.5, 0.6) is 0 Å². The average Bonchev–Trinajstić information content (AvgIpc) is 0. The van der Waals surface area contributed by atoms with Gasteiger partial charge in [0, 0.05) is 101 Å². The molecule has 0 aliphatic heterocycles. The van der Waals surface area contributed by atoms with Gasteiger partial charge in [0.2, 0.25) is 0 Å². The topological polar surface area (TPSA) is 126 Å². The summed E-state index contributed by atoms with van der Waals surface area (Å²) >= 11 is 0. The Hall–Kier alpha value is 2.88. The molecule has 0 saturated carbocycles. The van der Waals surface area contributed by atoms with Crippen LogP contribution in [0.1, 0.15) is 0 Å². The maximum Gasteiger partial charge on any atom is 0 e. The Morgan fingerprint density at radius 2 is 0.400 bits per heavy atom. The van der Waals surface area contributed by atoms with Gasteiger partial charge in [-0.05, 0) is 0 Å². The fourth-order valence-corrected chi connectivity index (χ4v) is 0. The molecule has 10 heavy (non-hydrogen) atoms. The van der Waals surface area contributed by atoms with Gasteiger partial charge >= 0.3 is 0 Å². The van der Waals surface area contributed by atoms with Gasteiger partial charge in [0.25, 0.3) is 0 Å². The average molecular weight is 417 g/mol. The van der Waals surface area contributed by atoms with Crippen molar-refractivity contribution in [1.29, 1.82) is 0 Å². The van der Waals surface area contributed by atoms with Gasteiger partial charge in [-0.3, -0.25) is 0 Å². The number of hydrogen-bond acceptors (Lipinski definition) is 0. The van der Waals surface area contributed by atoms with Gasteiger partial charge in [0.05, 0.1) is 0 Å². The third kappa shape index (κ3) is 128. The quantitative estimate of drug-likeness (QED) is 0.366. The third-order valence-corrected chi connectivity index (χ3v) is 0. The maximum absolute atomic E-state index is 0. The van der Waals surface area contributed by atoms with Gasteiger partial charge in [0.1, 0.15) is 0 Å². The minimum Gasteiger partial charge on any atom is -0.412 e. The normalized spacial score (nSPS) is 0. The molecule has 0 bridgehead atoms. The van der Waals surface area contributed by atoms with E-state index in [0.29, 0.717) is 0 Å². The zero-order valence-electron chi connectivity index (χ0n) is 4.06. The molecule has 0 unspecified atom stereocenters. The molecular formula is H8Co2Mn2Ni2O4. The Kier molecular flexibility index (Phi) is 3720. The van der Waals surface area contributed by atoms with Crippen LogP contribution in [0.3, 0.4) is 0 Å². The Bertz CT molecular complexity index is 19.2. The van der Waals surface area contributed by atoms with Gasteiger partial charge in [-0.2, -0.15) is 0 Å². The Balaban J connectivity index is 0. The first-order chi connectivity index (χ1) is 0. The molecule has 0 amide bonds. The van der Waals surface area contributed by atoms with Crippen molar-refractivity contribution in [3.63, 3.8) is 0 Å². The molecule has 0 aromatic rings. The van der Waals surface area contributed by atoms with Crippen LogP contribution in [0.15, 0.2) is 0 Å². The molecule has 0 fully saturated rings. The van der Waals surface area contributed by atoms with Crippen molar-refractivity contribution in [2.75, 3.05) is 0 Å². The van der Waals surface area contributed by atoms with E-state index in [4.69, 9.17) is 0 Å². The van der Waals surface area contributed by atoms with Crippen molar-refractivity contribution in [2.24, 2.45) is 0 Å². The SMILES string of the molecule is O.O.O.O.[Co].[Co].[Mn].[Mn].[Ni].[Ni]. The molecule has 0 aromatic carbocycles. The summed E-state index contributed by atoms with van der Waals surface area (Å²) < 4.78 is 0. The van der Waals surface area contributed by atoms with E-state index in [1.165, 1.54) is 0 Å². The molecule has 0 aromatic heterocycles. The maximum atomic E-state index is 0. The van der Waals surface area contributed by atoms with Crippen LogP contribution < -0.4 is 0 Å². The molecule has 84 valence electrons. The van der Waals surface area contributed by atoms with Gasteiger partial charge < -0.3 is 21.9 Å². The third-order valence-electron chi connectivity index (χ3n) is 0. The summed E-state index contributed by atoms with van der Waals surface area (Å²) in [6, 6.07) is 0. The minimum absolute atomic E-state index is 0. The van der Waals surface area contributed by atoms with E-state index < -0.39 is 0 Å². The van der Waals surface area contributed by atoms with Crippen molar-refractivity contribution >= 4 is 0 Å². The monoisotopic (exact) mass is 416 g/mol. The Morgan fingerprint density at radius 3 is 0.400 bits per heavy atom. The first-order valence-corrected chi connectivity index (χ1v) is 0. The van der Waals surface area contributed by atoms with Crippen LogP contribution in [0.2, 0.25) is 0 Å². The summed E-state index contributed by atoms with van der Waals surface area (Å²) in [6.45, 7) is 0. The first-order valence-electron chi connectivity index (χ1n) is 0. The molecule has 0 aliphatic carbocycles. The van der Waals surface area contributed by atoms with Crippen LogP contribution in [0.4, 0.5) is 0 Å². The summed E-state index contributed by atoms with van der Waals surface area (Å²) in [5.41, 5.74) is 0. The molecule has 4 nitrogen and oxygen atoms in total. The van der Waals surface area contributed by atoms with E-state index in [2.05, 4.69) is 0 Å². The Labute approximate surface area is 121 Å². The van der Waals surface area contributed by atoms with Gasteiger partial charge in [-0.1, -0.05) is 0 Å². The van der Waals surface area contributed by atoms with Crippen LogP contribution in [0.25, 0.3) is 0 Å². The fraction of sp³-hybridized carbons (Fsp3) is 0. The number of rotatable bonds is 0. The zero-order valence-corrected chi connectivity index (χ0v) is 10.5. The Morgan fingerprint density at radius 1 is 0.400 bits per heavy atom. The molecule has 0 spiro atoms. The van der Waals surface area contributed by atoms with E-state index in [-0.39, 0.29) is 123 Å². The van der Waals surface area contributed by atoms with E-state index >= 15 is 0 Å². The summed E-state index contributed by atoms with van der Waals surface area (Å²) in [7, 11) is 0. The summed E-state index contributed by atoms with van der Waals surface area (Å²) in [5, 5.41) is 0. The largest absolute Gasteiger partial charge is 0.412 e. The molecule has 0 aliphatic rings. The second kappa shape index (κ2) is 170. The second-order valence-electron chi connectivity index (χ2n) is 0. The molecular weight excluding hydrogens is 409 g/mol. The van der Waals surface area contributed by atoms with Crippen molar-refractivity contribution < 1.29 is 123 Å². The predicted octanol–water partition coefficient (Wildman–Crippen LogP) is -3.31. The van der Waals surface area contributed by atoms with E-state index in [0.717, 1.165) is 0 Å². The van der Waals surface area contributed by atoms with Crippen LogP contribution in [-0.4, -0.2) is 21.9 Å². The molecule has 8 N–H and O–H groups in total. The predicted molar refractivity (Wildman–Crippen MR) is 14.5 cm³/mol. The van der Waals surface area contributed by atoms with Gasteiger partial charge in [-0.25, -0.2) is 0 Å². The van der Waals surface area contributed by atoms with E-state index in [1.54, 1.807) is 0 Å². The number of hydrogen-bond donors (Lipinski definition) is 0. The van der Waals surface area contributed by atoms with Gasteiger partial charge in [0.15, 0.2) is 0 Å². The van der Waals surface area contributed by atoms with E-state index in [9.17, 15) is 0 Å². The molecule has 0 saturated heterocycles. The zero-order chi connectivity index (χ0) is 0. The fourth-order valence-electron chi connectivity index (χ4n) is 0. The van der Waals surface area contributed by atoms with Crippen LogP contribution in [-0.2, 0) is 101 Å². The van der Waals surface area contributed by atoms with Crippen molar-refractivity contribution in [3.05, 3.63) is 0 Å². The summed E-state index contributed by atoms with van der Waals surface area (Å²) in [5.74, 6) is 0. The molecule has 4 radical (unpaired) electrons. The minimum atomic E-state index is 0. The van der Waals surface area contributed by atoms with Crippen molar-refractivity contribution in [2.45, 2.75) is 0 Å². The molecule has 0 heterocycles. The van der Waals surface area contributed by atoms with Crippen molar-refractivity contribution in [1.82, 2.24) is 0 Å². The summed E-state index contributed by atoms with van der Waals surface area (Å²) in [4.78, 5) is 0. The molecule has 10 heteroatoms. The smallest absolute Gasteiger partial charge is 0 e. The first kappa shape index (κ1) is 219.